The summed E-state index contributed by atoms with van der Waals surface area (Å²) in [6, 6.07) is 7.64. The van der Waals surface area contributed by atoms with Crippen LogP contribution in [-0.2, 0) is 19.4 Å². The highest BCUT2D eigenvalue weighted by molar-refractivity contribution is 6.37. The molecule has 2 nitrogen and oxygen atoms in total. The first-order chi connectivity index (χ1) is 10.3. The topological polar surface area (TPSA) is 29.5 Å². The minimum atomic E-state index is -4.37. The van der Waals surface area contributed by atoms with Gasteiger partial charge in [-0.1, -0.05) is 35.3 Å². The van der Waals surface area contributed by atoms with Crippen molar-refractivity contribution in [1.29, 1.82) is 0 Å². The number of benzene rings is 2. The number of hydrogen-bond acceptors (Lipinski definition) is 2. The Kier molecular flexibility index (Phi) is 5.21. The molecule has 0 radical (unpaired) electrons. The Morgan fingerprint density at radius 1 is 0.955 bits per heavy atom. The molecule has 22 heavy (non-hydrogen) atoms. The monoisotopic (exact) mass is 350 g/mol. The molecule has 2 aromatic carbocycles. The second kappa shape index (κ2) is 6.77. The maximum Gasteiger partial charge on any atom is 0.416 e. The molecule has 0 fully saturated rings. The van der Waals surface area contributed by atoms with E-state index in [4.69, 9.17) is 33.0 Å². The van der Waals surface area contributed by atoms with Crippen LogP contribution >= 0.6 is 23.2 Å². The minimum Gasteiger partial charge on any atom is -0.486 e. The molecule has 0 saturated carbocycles. The number of aliphatic hydroxyl groups is 1. The largest absolute Gasteiger partial charge is 0.486 e. The van der Waals surface area contributed by atoms with Gasteiger partial charge in [0.1, 0.15) is 6.61 Å². The SMILES string of the molecule is OCc1cc(Cl)c(OCc2ccc(C(F)(F)F)cc2)c(Cl)c1. The van der Waals surface area contributed by atoms with Crippen molar-refractivity contribution in [3.63, 3.8) is 0 Å². The number of rotatable bonds is 4. The van der Waals surface area contributed by atoms with Crippen molar-refractivity contribution >= 4 is 23.2 Å². The van der Waals surface area contributed by atoms with Gasteiger partial charge in [0.2, 0.25) is 0 Å². The van der Waals surface area contributed by atoms with E-state index in [0.717, 1.165) is 12.1 Å². The van der Waals surface area contributed by atoms with Crippen molar-refractivity contribution in [3.8, 4) is 5.75 Å². The van der Waals surface area contributed by atoms with Gasteiger partial charge in [-0.3, -0.25) is 0 Å². The smallest absolute Gasteiger partial charge is 0.416 e. The molecule has 0 aromatic heterocycles. The molecule has 0 aliphatic rings. The minimum absolute atomic E-state index is 0.0239. The van der Waals surface area contributed by atoms with Gasteiger partial charge in [-0.15, -0.1) is 0 Å². The summed E-state index contributed by atoms with van der Waals surface area (Å²) >= 11 is 12.0. The van der Waals surface area contributed by atoms with Crippen molar-refractivity contribution in [2.24, 2.45) is 0 Å². The second-order valence-electron chi connectivity index (χ2n) is 4.53. The van der Waals surface area contributed by atoms with Crippen LogP contribution < -0.4 is 4.74 Å². The molecule has 0 spiro atoms. The average Bonchev–Trinajstić information content (AvgIpc) is 2.45. The molecule has 0 aliphatic heterocycles. The van der Waals surface area contributed by atoms with Crippen LogP contribution in [0.2, 0.25) is 10.0 Å². The third-order valence-corrected chi connectivity index (χ3v) is 3.47. The number of alkyl halides is 3. The molecule has 2 aromatic rings. The third-order valence-electron chi connectivity index (χ3n) is 2.91. The van der Waals surface area contributed by atoms with Crippen LogP contribution in [0.25, 0.3) is 0 Å². The van der Waals surface area contributed by atoms with Crippen molar-refractivity contribution in [1.82, 2.24) is 0 Å². The average molecular weight is 351 g/mol. The molecule has 2 rings (SSSR count). The predicted molar refractivity (Wildman–Crippen MR) is 78.2 cm³/mol. The van der Waals surface area contributed by atoms with Crippen LogP contribution in [0.4, 0.5) is 13.2 Å². The molecule has 0 saturated heterocycles. The zero-order valence-electron chi connectivity index (χ0n) is 11.1. The van der Waals surface area contributed by atoms with Crippen LogP contribution in [0, 0.1) is 0 Å². The summed E-state index contributed by atoms with van der Waals surface area (Å²) in [5, 5.41) is 9.48. The summed E-state index contributed by atoms with van der Waals surface area (Å²) in [7, 11) is 0. The maximum atomic E-state index is 12.5. The normalized spacial score (nSPS) is 11.5. The summed E-state index contributed by atoms with van der Waals surface area (Å²) in [5.74, 6) is 0.223. The van der Waals surface area contributed by atoms with Crippen molar-refractivity contribution in [3.05, 3.63) is 63.1 Å². The Morgan fingerprint density at radius 3 is 1.95 bits per heavy atom. The second-order valence-corrected chi connectivity index (χ2v) is 5.34. The van der Waals surface area contributed by atoms with Gasteiger partial charge in [0.25, 0.3) is 0 Å². The van der Waals surface area contributed by atoms with E-state index in [2.05, 4.69) is 0 Å². The van der Waals surface area contributed by atoms with E-state index in [-0.39, 0.29) is 29.0 Å². The fraction of sp³-hybridized carbons (Fsp3) is 0.200. The molecule has 0 unspecified atom stereocenters. The lowest BCUT2D eigenvalue weighted by Crippen LogP contribution is -2.05. The number of halogens is 5. The number of aliphatic hydroxyl groups excluding tert-OH is 1. The summed E-state index contributed by atoms with van der Waals surface area (Å²) < 4.78 is 42.8. The van der Waals surface area contributed by atoms with Crippen LogP contribution in [-0.4, -0.2) is 5.11 Å². The zero-order chi connectivity index (χ0) is 16.3. The summed E-state index contributed by atoms with van der Waals surface area (Å²) in [4.78, 5) is 0. The molecule has 118 valence electrons. The lowest BCUT2D eigenvalue weighted by molar-refractivity contribution is -0.137. The first-order valence-corrected chi connectivity index (χ1v) is 6.94. The molecule has 0 aliphatic carbocycles. The lowest BCUT2D eigenvalue weighted by atomic mass is 10.1. The quantitative estimate of drug-likeness (QED) is 0.832. The molecular formula is C15H11Cl2F3O2. The van der Waals surface area contributed by atoms with Gasteiger partial charge in [-0.05, 0) is 35.4 Å². The van der Waals surface area contributed by atoms with Gasteiger partial charge in [0.05, 0.1) is 22.2 Å². The van der Waals surface area contributed by atoms with E-state index >= 15 is 0 Å². The molecule has 0 heterocycles. The molecule has 0 amide bonds. The Balaban J connectivity index is 2.10. The van der Waals surface area contributed by atoms with E-state index in [0.29, 0.717) is 11.1 Å². The summed E-state index contributed by atoms with van der Waals surface area (Å²) in [6.07, 6.45) is -4.37. The Labute approximate surface area is 135 Å². The predicted octanol–water partition coefficient (Wildman–Crippen LogP) is 5.08. The Bertz CT molecular complexity index is 632. The summed E-state index contributed by atoms with van der Waals surface area (Å²) in [6.45, 7) is -0.186. The van der Waals surface area contributed by atoms with Gasteiger partial charge >= 0.3 is 6.18 Å². The van der Waals surface area contributed by atoms with Gasteiger partial charge in [-0.25, -0.2) is 0 Å². The highest BCUT2D eigenvalue weighted by atomic mass is 35.5. The van der Waals surface area contributed by atoms with Gasteiger partial charge < -0.3 is 9.84 Å². The highest BCUT2D eigenvalue weighted by Crippen LogP contribution is 2.35. The highest BCUT2D eigenvalue weighted by Gasteiger charge is 2.29. The molecule has 0 bridgehead atoms. The lowest BCUT2D eigenvalue weighted by Gasteiger charge is -2.12. The third kappa shape index (κ3) is 4.06. The zero-order valence-corrected chi connectivity index (χ0v) is 12.6. The number of ether oxygens (including phenoxy) is 1. The standard InChI is InChI=1S/C15H11Cl2F3O2/c16-12-5-10(7-21)6-13(17)14(12)22-8-9-1-3-11(4-2-9)15(18,19)20/h1-6,21H,7-8H2. The van der Waals surface area contributed by atoms with Crippen LogP contribution in [0.3, 0.4) is 0 Å². The van der Waals surface area contributed by atoms with Crippen LogP contribution in [0.15, 0.2) is 36.4 Å². The molecular weight excluding hydrogens is 340 g/mol. The Morgan fingerprint density at radius 2 is 1.50 bits per heavy atom. The van der Waals surface area contributed by atoms with Crippen molar-refractivity contribution < 1.29 is 23.0 Å². The maximum absolute atomic E-state index is 12.5. The first-order valence-electron chi connectivity index (χ1n) is 6.19. The van der Waals surface area contributed by atoms with E-state index in [1.165, 1.54) is 24.3 Å². The molecule has 1 N–H and O–H groups in total. The Hall–Kier alpha value is -1.43. The van der Waals surface area contributed by atoms with Crippen LogP contribution in [0.5, 0.6) is 5.75 Å². The fourth-order valence-corrected chi connectivity index (χ4v) is 2.43. The van der Waals surface area contributed by atoms with Crippen LogP contribution in [0.1, 0.15) is 16.7 Å². The van der Waals surface area contributed by atoms with E-state index in [9.17, 15) is 13.2 Å². The fourth-order valence-electron chi connectivity index (χ4n) is 1.79. The number of hydrogen-bond donors (Lipinski definition) is 1. The van der Waals surface area contributed by atoms with Crippen molar-refractivity contribution in [2.45, 2.75) is 19.4 Å². The summed E-state index contributed by atoms with van der Waals surface area (Å²) in [5.41, 5.74) is 0.364. The molecule has 0 atom stereocenters. The van der Waals surface area contributed by atoms with E-state index in [1.54, 1.807) is 0 Å². The van der Waals surface area contributed by atoms with E-state index < -0.39 is 11.7 Å². The molecule has 7 heteroatoms. The van der Waals surface area contributed by atoms with E-state index in [1.807, 2.05) is 0 Å². The van der Waals surface area contributed by atoms with Crippen molar-refractivity contribution in [2.75, 3.05) is 0 Å². The van der Waals surface area contributed by atoms with Gasteiger partial charge in [0.15, 0.2) is 5.75 Å². The first kappa shape index (κ1) is 16.9. The van der Waals surface area contributed by atoms with Gasteiger partial charge in [-0.2, -0.15) is 13.2 Å². The van der Waals surface area contributed by atoms with Gasteiger partial charge in [0, 0.05) is 0 Å².